The van der Waals surface area contributed by atoms with Crippen LogP contribution in [-0.2, 0) is 11.2 Å². The standard InChI is InChI=1S/C16H23BrN2O/c1-16(2,3)19-15(20)8-9-18-14-7-4-11-10-12(17)5-6-13(11)14/h5-6,10,14,18H,4,7-9H2,1-3H3,(H,19,20). The highest BCUT2D eigenvalue weighted by atomic mass is 79.9. The van der Waals surface area contributed by atoms with E-state index in [1.165, 1.54) is 11.1 Å². The summed E-state index contributed by atoms with van der Waals surface area (Å²) in [5, 5.41) is 6.48. The first-order valence-electron chi connectivity index (χ1n) is 7.18. The molecule has 1 unspecified atom stereocenters. The molecule has 0 fully saturated rings. The highest BCUT2D eigenvalue weighted by Crippen LogP contribution is 2.32. The largest absolute Gasteiger partial charge is 0.351 e. The van der Waals surface area contributed by atoms with Gasteiger partial charge in [0.15, 0.2) is 0 Å². The lowest BCUT2D eigenvalue weighted by molar-refractivity contribution is -0.122. The van der Waals surface area contributed by atoms with Crippen molar-refractivity contribution in [3.63, 3.8) is 0 Å². The molecular formula is C16H23BrN2O. The van der Waals surface area contributed by atoms with Crippen LogP contribution in [0.2, 0.25) is 0 Å². The van der Waals surface area contributed by atoms with Crippen molar-refractivity contribution in [1.82, 2.24) is 10.6 Å². The SMILES string of the molecule is CC(C)(C)NC(=O)CCNC1CCc2cc(Br)ccc21. The van der Waals surface area contributed by atoms with Crippen molar-refractivity contribution in [2.24, 2.45) is 0 Å². The van der Waals surface area contributed by atoms with Crippen LogP contribution in [0.1, 0.15) is 50.8 Å². The number of hydrogen-bond donors (Lipinski definition) is 2. The first-order chi connectivity index (χ1) is 9.35. The van der Waals surface area contributed by atoms with Gasteiger partial charge in [-0.05, 0) is 56.9 Å². The maximum absolute atomic E-state index is 11.8. The van der Waals surface area contributed by atoms with Crippen molar-refractivity contribution in [2.45, 2.75) is 51.6 Å². The fourth-order valence-corrected chi connectivity index (χ4v) is 3.05. The average molecular weight is 339 g/mol. The van der Waals surface area contributed by atoms with Crippen molar-refractivity contribution in [3.8, 4) is 0 Å². The summed E-state index contributed by atoms with van der Waals surface area (Å²) in [6.45, 7) is 6.73. The second-order valence-electron chi connectivity index (χ2n) is 6.44. The van der Waals surface area contributed by atoms with Gasteiger partial charge in [0, 0.05) is 29.0 Å². The fraction of sp³-hybridized carbons (Fsp3) is 0.562. The Morgan fingerprint density at radius 3 is 2.85 bits per heavy atom. The summed E-state index contributed by atoms with van der Waals surface area (Å²) in [6, 6.07) is 6.86. The number of carbonyl (C=O) groups excluding carboxylic acids is 1. The van der Waals surface area contributed by atoms with E-state index in [1.54, 1.807) is 0 Å². The number of nitrogens with one attached hydrogen (secondary N) is 2. The molecule has 0 spiro atoms. The number of benzene rings is 1. The van der Waals surface area contributed by atoms with Gasteiger partial charge < -0.3 is 10.6 Å². The first-order valence-corrected chi connectivity index (χ1v) is 7.97. The van der Waals surface area contributed by atoms with Crippen LogP contribution < -0.4 is 10.6 Å². The van der Waals surface area contributed by atoms with Crippen molar-refractivity contribution < 1.29 is 4.79 Å². The molecule has 0 heterocycles. The second kappa shape index (κ2) is 6.27. The van der Waals surface area contributed by atoms with Crippen LogP contribution in [0.25, 0.3) is 0 Å². The molecule has 1 atom stereocenters. The van der Waals surface area contributed by atoms with Crippen LogP contribution in [0.3, 0.4) is 0 Å². The number of amides is 1. The average Bonchev–Trinajstić information content (AvgIpc) is 2.69. The van der Waals surface area contributed by atoms with Gasteiger partial charge in [-0.1, -0.05) is 22.0 Å². The van der Waals surface area contributed by atoms with Crippen LogP contribution in [0.5, 0.6) is 0 Å². The molecule has 1 aromatic rings. The van der Waals surface area contributed by atoms with Crippen LogP contribution in [0, 0.1) is 0 Å². The summed E-state index contributed by atoms with van der Waals surface area (Å²) in [5.74, 6) is 0.110. The third-order valence-electron chi connectivity index (χ3n) is 3.44. The molecule has 3 nitrogen and oxygen atoms in total. The third kappa shape index (κ3) is 4.32. The van der Waals surface area contributed by atoms with Crippen molar-refractivity contribution in [1.29, 1.82) is 0 Å². The third-order valence-corrected chi connectivity index (χ3v) is 3.93. The summed E-state index contributed by atoms with van der Waals surface area (Å²) in [6.07, 6.45) is 2.76. The normalized spacial score (nSPS) is 17.9. The topological polar surface area (TPSA) is 41.1 Å². The Hall–Kier alpha value is -0.870. The van der Waals surface area contributed by atoms with Crippen molar-refractivity contribution >= 4 is 21.8 Å². The van der Waals surface area contributed by atoms with Crippen LogP contribution in [0.15, 0.2) is 22.7 Å². The molecule has 4 heteroatoms. The minimum atomic E-state index is -0.149. The van der Waals surface area contributed by atoms with Gasteiger partial charge in [-0.2, -0.15) is 0 Å². The maximum Gasteiger partial charge on any atom is 0.221 e. The Morgan fingerprint density at radius 1 is 1.40 bits per heavy atom. The van der Waals surface area contributed by atoms with E-state index < -0.39 is 0 Å². The van der Waals surface area contributed by atoms with E-state index in [0.29, 0.717) is 12.5 Å². The fourth-order valence-electron chi connectivity index (χ4n) is 2.64. The number of rotatable bonds is 4. The summed E-state index contributed by atoms with van der Waals surface area (Å²) < 4.78 is 1.14. The maximum atomic E-state index is 11.8. The number of aryl methyl sites for hydroxylation is 1. The van der Waals surface area contributed by atoms with E-state index in [-0.39, 0.29) is 11.4 Å². The Balaban J connectivity index is 1.81. The Bertz CT molecular complexity index is 494. The first kappa shape index (κ1) is 15.5. The molecule has 0 saturated heterocycles. The molecule has 2 N–H and O–H groups in total. The lowest BCUT2D eigenvalue weighted by atomic mass is 10.1. The van der Waals surface area contributed by atoms with Gasteiger partial charge in [0.1, 0.15) is 0 Å². The Kier molecular flexibility index (Phi) is 4.86. The van der Waals surface area contributed by atoms with Gasteiger partial charge in [0.05, 0.1) is 0 Å². The molecule has 110 valence electrons. The van der Waals surface area contributed by atoms with Gasteiger partial charge in [-0.15, -0.1) is 0 Å². The number of halogens is 1. The minimum absolute atomic E-state index is 0.110. The molecule has 0 saturated carbocycles. The molecule has 0 aromatic heterocycles. The van der Waals surface area contributed by atoms with Gasteiger partial charge >= 0.3 is 0 Å². The Morgan fingerprint density at radius 2 is 2.15 bits per heavy atom. The smallest absolute Gasteiger partial charge is 0.221 e. The molecule has 0 aliphatic heterocycles. The lowest BCUT2D eigenvalue weighted by Gasteiger charge is -2.21. The van der Waals surface area contributed by atoms with Crippen LogP contribution in [-0.4, -0.2) is 18.0 Å². The monoisotopic (exact) mass is 338 g/mol. The minimum Gasteiger partial charge on any atom is -0.351 e. The van der Waals surface area contributed by atoms with E-state index in [0.717, 1.165) is 23.9 Å². The number of carbonyl (C=O) groups is 1. The molecule has 0 bridgehead atoms. The molecule has 0 radical (unpaired) electrons. The molecule has 1 aliphatic rings. The van der Waals surface area contributed by atoms with Crippen LogP contribution in [0.4, 0.5) is 0 Å². The van der Waals surface area contributed by atoms with Crippen molar-refractivity contribution in [2.75, 3.05) is 6.54 Å². The second-order valence-corrected chi connectivity index (χ2v) is 7.35. The zero-order chi connectivity index (χ0) is 14.8. The predicted molar refractivity (Wildman–Crippen MR) is 85.7 cm³/mol. The van der Waals surface area contributed by atoms with Crippen LogP contribution >= 0.6 is 15.9 Å². The zero-order valence-corrected chi connectivity index (χ0v) is 14.0. The number of hydrogen-bond acceptors (Lipinski definition) is 2. The summed E-state index contributed by atoms with van der Waals surface area (Å²) in [7, 11) is 0. The predicted octanol–water partition coefficient (Wildman–Crippen LogP) is 3.33. The van der Waals surface area contributed by atoms with Gasteiger partial charge in [-0.3, -0.25) is 4.79 Å². The molecule has 20 heavy (non-hydrogen) atoms. The highest BCUT2D eigenvalue weighted by Gasteiger charge is 2.22. The molecule has 1 aromatic carbocycles. The molecule has 1 aliphatic carbocycles. The summed E-state index contributed by atoms with van der Waals surface area (Å²) in [4.78, 5) is 11.8. The van der Waals surface area contributed by atoms with E-state index >= 15 is 0 Å². The van der Waals surface area contributed by atoms with E-state index in [4.69, 9.17) is 0 Å². The van der Waals surface area contributed by atoms with Gasteiger partial charge in [0.2, 0.25) is 5.91 Å². The molecular weight excluding hydrogens is 316 g/mol. The van der Waals surface area contributed by atoms with Gasteiger partial charge in [-0.25, -0.2) is 0 Å². The van der Waals surface area contributed by atoms with E-state index in [1.807, 2.05) is 20.8 Å². The van der Waals surface area contributed by atoms with E-state index in [2.05, 4.69) is 44.8 Å². The van der Waals surface area contributed by atoms with Gasteiger partial charge in [0.25, 0.3) is 0 Å². The Labute approximate surface area is 129 Å². The summed E-state index contributed by atoms with van der Waals surface area (Å²) >= 11 is 3.51. The van der Waals surface area contributed by atoms with E-state index in [9.17, 15) is 4.79 Å². The highest BCUT2D eigenvalue weighted by molar-refractivity contribution is 9.10. The number of fused-ring (bicyclic) bond motifs is 1. The molecule has 2 rings (SSSR count). The molecule has 1 amide bonds. The van der Waals surface area contributed by atoms with Crippen molar-refractivity contribution in [3.05, 3.63) is 33.8 Å². The summed E-state index contributed by atoms with van der Waals surface area (Å²) in [5.41, 5.74) is 2.64. The zero-order valence-electron chi connectivity index (χ0n) is 12.4. The lowest BCUT2D eigenvalue weighted by Crippen LogP contribution is -2.41. The quantitative estimate of drug-likeness (QED) is 0.883.